The minimum absolute atomic E-state index is 0.0428. The molecule has 0 atom stereocenters. The largest absolute Gasteiger partial charge is 0.334 e. The number of halogens is 1. The SMILES string of the molecule is O=C(c1ccc(=O)[nH]c1)N(CCCl)C1CCCC1. The van der Waals surface area contributed by atoms with Gasteiger partial charge in [-0.2, -0.15) is 0 Å². The van der Waals surface area contributed by atoms with Crippen LogP contribution < -0.4 is 5.56 Å². The summed E-state index contributed by atoms with van der Waals surface area (Å²) in [4.78, 5) is 27.7. The van der Waals surface area contributed by atoms with Crippen molar-refractivity contribution in [1.82, 2.24) is 9.88 Å². The number of nitrogens with one attached hydrogen (secondary N) is 1. The molecule has 1 N–H and O–H groups in total. The van der Waals surface area contributed by atoms with Gasteiger partial charge in [-0.25, -0.2) is 0 Å². The van der Waals surface area contributed by atoms with E-state index >= 15 is 0 Å². The number of aromatic nitrogens is 1. The van der Waals surface area contributed by atoms with E-state index in [2.05, 4.69) is 4.98 Å². The summed E-state index contributed by atoms with van der Waals surface area (Å²) in [5.41, 5.74) is 0.322. The average Bonchev–Trinajstić information content (AvgIpc) is 2.90. The van der Waals surface area contributed by atoms with Crippen LogP contribution in [0.15, 0.2) is 23.1 Å². The highest BCUT2D eigenvalue weighted by molar-refractivity contribution is 6.18. The van der Waals surface area contributed by atoms with Crippen LogP contribution in [0.4, 0.5) is 0 Å². The Morgan fingerprint density at radius 1 is 1.39 bits per heavy atom. The summed E-state index contributed by atoms with van der Waals surface area (Å²) in [6.07, 6.45) is 5.91. The quantitative estimate of drug-likeness (QED) is 0.849. The van der Waals surface area contributed by atoms with Gasteiger partial charge in [-0.1, -0.05) is 12.8 Å². The Labute approximate surface area is 111 Å². The molecule has 2 rings (SSSR count). The molecule has 0 spiro atoms. The fourth-order valence-corrected chi connectivity index (χ4v) is 2.65. The Morgan fingerprint density at radius 3 is 2.67 bits per heavy atom. The van der Waals surface area contributed by atoms with Crippen LogP contribution >= 0.6 is 11.6 Å². The van der Waals surface area contributed by atoms with E-state index in [0.29, 0.717) is 24.0 Å². The van der Waals surface area contributed by atoms with Gasteiger partial charge in [0, 0.05) is 30.7 Å². The Balaban J connectivity index is 2.16. The Hall–Kier alpha value is -1.29. The molecule has 1 heterocycles. The van der Waals surface area contributed by atoms with Gasteiger partial charge >= 0.3 is 0 Å². The molecule has 1 aromatic heterocycles. The molecule has 0 bridgehead atoms. The first-order valence-corrected chi connectivity index (χ1v) is 6.81. The van der Waals surface area contributed by atoms with Crippen LogP contribution in [0.2, 0.25) is 0 Å². The Kier molecular flexibility index (Phi) is 4.42. The highest BCUT2D eigenvalue weighted by Gasteiger charge is 2.26. The third kappa shape index (κ3) is 2.93. The van der Waals surface area contributed by atoms with E-state index in [4.69, 9.17) is 11.6 Å². The van der Waals surface area contributed by atoms with Crippen molar-refractivity contribution in [3.8, 4) is 0 Å². The predicted octanol–water partition coefficient (Wildman–Crippen LogP) is 2.00. The van der Waals surface area contributed by atoms with Gasteiger partial charge in [-0.3, -0.25) is 9.59 Å². The number of pyridine rings is 1. The van der Waals surface area contributed by atoms with Crippen molar-refractivity contribution >= 4 is 17.5 Å². The van der Waals surface area contributed by atoms with Crippen molar-refractivity contribution in [2.45, 2.75) is 31.7 Å². The van der Waals surface area contributed by atoms with Crippen LogP contribution in [0.25, 0.3) is 0 Å². The van der Waals surface area contributed by atoms with Crippen LogP contribution in [0.3, 0.4) is 0 Å². The van der Waals surface area contributed by atoms with Gasteiger partial charge in [0.05, 0.1) is 5.56 Å². The molecule has 0 radical (unpaired) electrons. The average molecular weight is 269 g/mol. The van der Waals surface area contributed by atoms with E-state index in [-0.39, 0.29) is 11.5 Å². The van der Waals surface area contributed by atoms with Gasteiger partial charge < -0.3 is 9.88 Å². The summed E-state index contributed by atoms with van der Waals surface area (Å²) in [7, 11) is 0. The highest BCUT2D eigenvalue weighted by Crippen LogP contribution is 2.24. The molecule has 1 aromatic rings. The molecule has 98 valence electrons. The summed E-state index contributed by atoms with van der Waals surface area (Å²) in [5, 5.41) is 0. The molecule has 1 fully saturated rings. The van der Waals surface area contributed by atoms with Gasteiger partial charge in [0.15, 0.2) is 0 Å². The lowest BCUT2D eigenvalue weighted by molar-refractivity contribution is 0.0694. The van der Waals surface area contributed by atoms with E-state index in [1.165, 1.54) is 25.1 Å². The zero-order valence-corrected chi connectivity index (χ0v) is 10.9. The maximum absolute atomic E-state index is 12.4. The molecule has 0 aliphatic heterocycles. The number of H-pyrrole nitrogens is 1. The first-order chi connectivity index (χ1) is 8.72. The number of alkyl halides is 1. The minimum atomic E-state index is -0.198. The summed E-state index contributed by atoms with van der Waals surface area (Å²) in [6.45, 7) is 0.560. The van der Waals surface area contributed by atoms with E-state index in [1.807, 2.05) is 4.90 Å². The number of rotatable bonds is 4. The Bertz CT molecular complexity index is 446. The predicted molar refractivity (Wildman–Crippen MR) is 71.1 cm³/mol. The van der Waals surface area contributed by atoms with Crippen LogP contribution in [0.1, 0.15) is 36.0 Å². The van der Waals surface area contributed by atoms with E-state index in [9.17, 15) is 9.59 Å². The molecule has 1 saturated carbocycles. The first kappa shape index (κ1) is 13.1. The van der Waals surface area contributed by atoms with Crippen LogP contribution in [-0.2, 0) is 0 Å². The number of hydrogen-bond donors (Lipinski definition) is 1. The molecule has 4 nitrogen and oxygen atoms in total. The number of hydrogen-bond acceptors (Lipinski definition) is 2. The molecule has 5 heteroatoms. The number of nitrogens with zero attached hydrogens (tertiary/aromatic N) is 1. The lowest BCUT2D eigenvalue weighted by atomic mass is 10.1. The topological polar surface area (TPSA) is 53.2 Å². The summed E-state index contributed by atoms with van der Waals surface area (Å²) in [6, 6.07) is 3.24. The molecular weight excluding hydrogens is 252 g/mol. The molecule has 0 saturated heterocycles. The summed E-state index contributed by atoms with van der Waals surface area (Å²) < 4.78 is 0. The Morgan fingerprint density at radius 2 is 2.11 bits per heavy atom. The maximum atomic E-state index is 12.4. The standard InChI is InChI=1S/C13H17ClN2O2/c14-7-8-16(11-3-1-2-4-11)13(18)10-5-6-12(17)15-9-10/h5-6,9,11H,1-4,7-8H2,(H,15,17). The van der Waals surface area contributed by atoms with E-state index < -0.39 is 0 Å². The van der Waals surface area contributed by atoms with Crippen molar-refractivity contribution in [2.24, 2.45) is 0 Å². The number of carbonyl (C=O) groups excluding carboxylic acids is 1. The number of amides is 1. The third-order valence-electron chi connectivity index (χ3n) is 3.38. The molecular formula is C13H17ClN2O2. The normalized spacial score (nSPS) is 15.8. The molecule has 1 aliphatic carbocycles. The second-order valence-corrected chi connectivity index (χ2v) is 4.95. The molecule has 1 aliphatic rings. The fourth-order valence-electron chi connectivity index (χ4n) is 2.47. The lowest BCUT2D eigenvalue weighted by Crippen LogP contribution is -2.40. The molecule has 1 amide bonds. The third-order valence-corrected chi connectivity index (χ3v) is 3.55. The van der Waals surface area contributed by atoms with E-state index in [0.717, 1.165) is 12.8 Å². The van der Waals surface area contributed by atoms with Crippen molar-refractivity contribution in [2.75, 3.05) is 12.4 Å². The second-order valence-electron chi connectivity index (χ2n) is 4.57. The lowest BCUT2D eigenvalue weighted by Gasteiger charge is -2.28. The monoisotopic (exact) mass is 268 g/mol. The second kappa shape index (κ2) is 6.05. The minimum Gasteiger partial charge on any atom is -0.334 e. The van der Waals surface area contributed by atoms with Crippen LogP contribution in [0.5, 0.6) is 0 Å². The number of aromatic amines is 1. The van der Waals surface area contributed by atoms with Crippen molar-refractivity contribution in [3.63, 3.8) is 0 Å². The van der Waals surface area contributed by atoms with E-state index in [1.54, 1.807) is 6.07 Å². The zero-order valence-electron chi connectivity index (χ0n) is 10.2. The van der Waals surface area contributed by atoms with Gasteiger partial charge in [-0.05, 0) is 18.9 Å². The molecule has 18 heavy (non-hydrogen) atoms. The molecule has 0 aromatic carbocycles. The maximum Gasteiger partial charge on any atom is 0.255 e. The summed E-state index contributed by atoms with van der Waals surface area (Å²) in [5.74, 6) is 0.393. The fraction of sp³-hybridized carbons (Fsp3) is 0.538. The first-order valence-electron chi connectivity index (χ1n) is 6.28. The van der Waals surface area contributed by atoms with Gasteiger partial charge in [-0.15, -0.1) is 11.6 Å². The highest BCUT2D eigenvalue weighted by atomic mass is 35.5. The molecule has 0 unspecified atom stereocenters. The van der Waals surface area contributed by atoms with Crippen molar-refractivity contribution < 1.29 is 4.79 Å². The smallest absolute Gasteiger partial charge is 0.255 e. The van der Waals surface area contributed by atoms with Crippen LogP contribution in [-0.4, -0.2) is 34.3 Å². The van der Waals surface area contributed by atoms with Gasteiger partial charge in [0.2, 0.25) is 5.56 Å². The van der Waals surface area contributed by atoms with Crippen molar-refractivity contribution in [1.29, 1.82) is 0 Å². The van der Waals surface area contributed by atoms with Crippen molar-refractivity contribution in [3.05, 3.63) is 34.2 Å². The number of carbonyl (C=O) groups is 1. The summed E-state index contributed by atoms with van der Waals surface area (Å²) >= 11 is 5.78. The zero-order chi connectivity index (χ0) is 13.0. The van der Waals surface area contributed by atoms with Gasteiger partial charge in [0.25, 0.3) is 5.91 Å². The van der Waals surface area contributed by atoms with Crippen LogP contribution in [0, 0.1) is 0 Å². The van der Waals surface area contributed by atoms with Gasteiger partial charge in [0.1, 0.15) is 0 Å².